The Bertz CT molecular complexity index is 226. The number of nitrogens with two attached hydrogens (primary N) is 1. The minimum atomic E-state index is -5.03. The van der Waals surface area contributed by atoms with Crippen LogP contribution in [0, 0.1) is 0 Å². The second kappa shape index (κ2) is 6.29. The van der Waals surface area contributed by atoms with E-state index in [-0.39, 0.29) is 0 Å². The molecule has 0 aromatic rings. The van der Waals surface area contributed by atoms with Crippen LogP contribution in [0.4, 0.5) is 0 Å². The molecule has 2 unspecified atom stereocenters. The van der Waals surface area contributed by atoms with Crippen LogP contribution >= 0.6 is 7.82 Å². The van der Waals surface area contributed by atoms with Gasteiger partial charge in [-0.3, -0.25) is 0 Å². The molecule has 0 heterocycles. The van der Waals surface area contributed by atoms with Gasteiger partial charge in [-0.1, -0.05) is 19.1 Å². The van der Waals surface area contributed by atoms with Crippen LogP contribution in [0.3, 0.4) is 0 Å². The average molecular weight is 222 g/mol. The Balaban J connectivity index is 3.90. The van der Waals surface area contributed by atoms with Crippen molar-refractivity contribution in [3.8, 4) is 0 Å². The van der Waals surface area contributed by atoms with Crippen molar-refractivity contribution in [1.82, 2.24) is 0 Å². The maximum absolute atomic E-state index is 11.1. The molecule has 0 aromatic heterocycles. The molecular weight excluding hydrogens is 209 g/mol. The topological polar surface area (TPSA) is 122 Å². The van der Waals surface area contributed by atoms with Crippen LogP contribution in [0.2, 0.25) is 0 Å². The molecule has 84 valence electrons. The Morgan fingerprint density at radius 2 is 2.14 bits per heavy atom. The van der Waals surface area contributed by atoms with Gasteiger partial charge in [-0.15, -0.1) is 6.08 Å². The summed E-state index contributed by atoms with van der Waals surface area (Å²) in [6.07, 6.45) is 2.36. The smallest absolute Gasteiger partial charge is 0.0662 e. The minimum Gasteiger partial charge on any atom is -0.848 e. The summed E-state index contributed by atoms with van der Waals surface area (Å²) in [5.41, 5.74) is 5.28. The summed E-state index contributed by atoms with van der Waals surface area (Å²) in [6.45, 7) is 1.27. The fourth-order valence-electron chi connectivity index (χ4n) is 0.685. The van der Waals surface area contributed by atoms with Crippen molar-refractivity contribution in [2.24, 2.45) is 5.73 Å². The molecular formula is C7H13NO5P-3. The Morgan fingerprint density at radius 3 is 2.57 bits per heavy atom. The van der Waals surface area contributed by atoms with Crippen LogP contribution in [0.25, 0.3) is 0 Å². The highest BCUT2D eigenvalue weighted by molar-refractivity contribution is 7.43. The molecule has 0 saturated heterocycles. The van der Waals surface area contributed by atoms with E-state index < -0.39 is 26.6 Å². The van der Waals surface area contributed by atoms with E-state index in [0.29, 0.717) is 6.42 Å². The first-order valence-corrected chi connectivity index (χ1v) is 5.57. The van der Waals surface area contributed by atoms with Gasteiger partial charge in [0, 0.05) is 6.04 Å². The number of rotatable bonds is 6. The van der Waals surface area contributed by atoms with Crippen molar-refractivity contribution >= 4 is 7.82 Å². The zero-order valence-electron chi connectivity index (χ0n) is 7.79. The van der Waals surface area contributed by atoms with Crippen LogP contribution in [0.15, 0.2) is 12.2 Å². The quantitative estimate of drug-likeness (QED) is 0.404. The third-order valence-electron chi connectivity index (χ3n) is 1.41. The van der Waals surface area contributed by atoms with E-state index in [9.17, 15) is 19.5 Å². The summed E-state index contributed by atoms with van der Waals surface area (Å²) < 4.78 is 13.9. The van der Waals surface area contributed by atoms with Gasteiger partial charge in [0.1, 0.15) is 0 Å². The first kappa shape index (κ1) is 13.8. The number of allylic oxidation sites excluding steroid dienone is 1. The molecule has 0 rings (SSSR count). The van der Waals surface area contributed by atoms with Gasteiger partial charge < -0.3 is 29.7 Å². The van der Waals surface area contributed by atoms with Crippen LogP contribution in [-0.2, 0) is 9.09 Å². The van der Waals surface area contributed by atoms with Crippen LogP contribution in [0.5, 0.6) is 0 Å². The Morgan fingerprint density at radius 1 is 1.57 bits per heavy atom. The molecule has 7 heteroatoms. The van der Waals surface area contributed by atoms with E-state index in [2.05, 4.69) is 4.52 Å². The molecule has 0 fully saturated rings. The van der Waals surface area contributed by atoms with Gasteiger partial charge in [-0.25, -0.2) is 0 Å². The second-order valence-electron chi connectivity index (χ2n) is 2.71. The lowest BCUT2D eigenvalue weighted by Gasteiger charge is -2.33. The Labute approximate surface area is 82.6 Å². The molecule has 0 aromatic carbocycles. The predicted molar refractivity (Wildman–Crippen MR) is 44.8 cm³/mol. The zero-order valence-corrected chi connectivity index (χ0v) is 8.68. The maximum atomic E-state index is 11.1. The van der Waals surface area contributed by atoms with Gasteiger partial charge in [0.25, 0.3) is 0 Å². The molecule has 14 heavy (non-hydrogen) atoms. The minimum absolute atomic E-state index is 0.577. The summed E-state index contributed by atoms with van der Waals surface area (Å²) in [5.74, 6) is 0. The number of hydrogen-bond donors (Lipinski definition) is 1. The summed E-state index contributed by atoms with van der Waals surface area (Å²) in [7, 11) is -5.03. The van der Waals surface area contributed by atoms with Crippen LogP contribution < -0.4 is 20.6 Å². The van der Waals surface area contributed by atoms with Crippen molar-refractivity contribution < 1.29 is 24.0 Å². The summed E-state index contributed by atoms with van der Waals surface area (Å²) in [6, 6.07) is -1.03. The Kier molecular flexibility index (Phi) is 6.19. The molecule has 0 aliphatic rings. The second-order valence-corrected chi connectivity index (χ2v) is 3.86. The molecule has 0 aliphatic heterocycles. The van der Waals surface area contributed by atoms with E-state index >= 15 is 0 Å². The summed E-state index contributed by atoms with van der Waals surface area (Å²) in [5, 5.41) is 11.1. The van der Waals surface area contributed by atoms with Crippen molar-refractivity contribution in [3.63, 3.8) is 0 Å². The molecule has 0 radical (unpaired) electrons. The number of phosphoric acid groups is 1. The first-order valence-electron chi connectivity index (χ1n) is 4.11. The monoisotopic (exact) mass is 222 g/mol. The SMILES string of the molecule is CC/C=C/C([O-])C(N)COP(=O)([O-])[O-]. The lowest BCUT2D eigenvalue weighted by Crippen LogP contribution is -2.46. The summed E-state index contributed by atoms with van der Waals surface area (Å²) in [4.78, 5) is 20.1. The fraction of sp³-hybridized carbons (Fsp3) is 0.714. The fourth-order valence-corrected chi connectivity index (χ4v) is 1.04. The third-order valence-corrected chi connectivity index (χ3v) is 1.87. The van der Waals surface area contributed by atoms with E-state index in [1.807, 2.05) is 6.92 Å². The molecule has 0 spiro atoms. The van der Waals surface area contributed by atoms with Gasteiger partial charge in [-0.2, -0.15) is 0 Å². The van der Waals surface area contributed by atoms with Gasteiger partial charge in [0.2, 0.25) is 0 Å². The summed E-state index contributed by atoms with van der Waals surface area (Å²) >= 11 is 0. The largest absolute Gasteiger partial charge is 0.848 e. The zero-order chi connectivity index (χ0) is 11.2. The normalized spacial score (nSPS) is 17.2. The van der Waals surface area contributed by atoms with E-state index in [1.165, 1.54) is 6.08 Å². The van der Waals surface area contributed by atoms with Crippen LogP contribution in [-0.4, -0.2) is 18.8 Å². The average Bonchev–Trinajstić information content (AvgIpc) is 2.09. The number of hydrogen-bond acceptors (Lipinski definition) is 6. The molecule has 6 nitrogen and oxygen atoms in total. The highest BCUT2D eigenvalue weighted by Crippen LogP contribution is 2.24. The molecule has 0 saturated carbocycles. The standard InChI is InChI=1S/C7H15NO5P/c1-2-3-4-7(9)6(8)5-13-14(10,11)12/h3-4,6-7H,2,5,8H2,1H3,(H2,10,11,12)/q-1/p-2/b4-3+. The Hall–Kier alpha value is -0.230. The van der Waals surface area contributed by atoms with Gasteiger partial charge in [-0.05, 0) is 6.42 Å². The molecule has 2 atom stereocenters. The highest BCUT2D eigenvalue weighted by Gasteiger charge is 2.04. The van der Waals surface area contributed by atoms with Gasteiger partial charge >= 0.3 is 0 Å². The van der Waals surface area contributed by atoms with Crippen LogP contribution in [0.1, 0.15) is 13.3 Å². The van der Waals surface area contributed by atoms with Crippen molar-refractivity contribution in [1.29, 1.82) is 0 Å². The van der Waals surface area contributed by atoms with Gasteiger partial charge in [0.15, 0.2) is 0 Å². The van der Waals surface area contributed by atoms with Gasteiger partial charge in [0.05, 0.1) is 14.4 Å². The van der Waals surface area contributed by atoms with E-state index in [1.54, 1.807) is 6.08 Å². The van der Waals surface area contributed by atoms with Crippen molar-refractivity contribution in [2.75, 3.05) is 6.61 Å². The molecule has 0 bridgehead atoms. The lowest BCUT2D eigenvalue weighted by molar-refractivity contribution is -0.409. The lowest BCUT2D eigenvalue weighted by atomic mass is 10.1. The molecule has 0 aliphatic carbocycles. The molecule has 0 amide bonds. The first-order chi connectivity index (χ1) is 6.37. The van der Waals surface area contributed by atoms with E-state index in [4.69, 9.17) is 5.73 Å². The van der Waals surface area contributed by atoms with Crippen molar-refractivity contribution in [3.05, 3.63) is 12.2 Å². The van der Waals surface area contributed by atoms with Crippen molar-refractivity contribution in [2.45, 2.75) is 25.5 Å². The predicted octanol–water partition coefficient (Wildman–Crippen LogP) is -2.15. The highest BCUT2D eigenvalue weighted by atomic mass is 31.2. The maximum Gasteiger partial charge on any atom is 0.0662 e. The number of phosphoric ester groups is 1. The van der Waals surface area contributed by atoms with E-state index in [0.717, 1.165) is 0 Å². The third kappa shape index (κ3) is 7.20. The molecule has 2 N–H and O–H groups in total.